The largest absolute Gasteiger partial charge is 0.444 e. The maximum atomic E-state index is 13.7. The van der Waals surface area contributed by atoms with Gasteiger partial charge in [-0.25, -0.2) is 4.79 Å². The predicted molar refractivity (Wildman–Crippen MR) is 238 cm³/mol. The molecule has 0 aliphatic rings. The van der Waals surface area contributed by atoms with E-state index in [1.807, 2.05) is 54.6 Å². The van der Waals surface area contributed by atoms with E-state index in [0.717, 1.165) is 16.7 Å². The zero-order valence-corrected chi connectivity index (χ0v) is 37.2. The third kappa shape index (κ3) is 22.2. The van der Waals surface area contributed by atoms with Crippen LogP contribution in [0, 0.1) is 0 Å². The summed E-state index contributed by atoms with van der Waals surface area (Å²) in [5, 5.41) is 9.13. The van der Waals surface area contributed by atoms with Crippen molar-refractivity contribution in [3.63, 3.8) is 0 Å². The molecule has 342 valence electrons. The van der Waals surface area contributed by atoms with Crippen molar-refractivity contribution in [2.45, 2.75) is 37.2 Å². The van der Waals surface area contributed by atoms with Gasteiger partial charge in [0.15, 0.2) is 0 Å². The van der Waals surface area contributed by atoms with E-state index in [1.165, 1.54) is 0 Å². The first-order chi connectivity index (χ1) is 30.3. The number of hydrogen-bond acceptors (Lipinski definition) is 13. The van der Waals surface area contributed by atoms with E-state index in [9.17, 15) is 9.59 Å². The number of thioether (sulfide) groups is 1. The summed E-state index contributed by atoms with van der Waals surface area (Å²) in [4.78, 5) is 29.4. The van der Waals surface area contributed by atoms with Crippen LogP contribution >= 0.6 is 11.8 Å². The molecule has 0 unspecified atom stereocenters. The molecule has 3 aromatic carbocycles. The minimum atomic E-state index is -0.906. The highest BCUT2D eigenvalue weighted by Gasteiger charge is 2.39. The van der Waals surface area contributed by atoms with Crippen LogP contribution in [0.4, 0.5) is 4.79 Å². The van der Waals surface area contributed by atoms with Gasteiger partial charge in [-0.2, -0.15) is 0 Å². The van der Waals surface area contributed by atoms with Crippen LogP contribution in [0.3, 0.4) is 0 Å². The fourth-order valence-corrected chi connectivity index (χ4v) is 7.33. The second kappa shape index (κ2) is 32.4. The van der Waals surface area contributed by atoms with Crippen molar-refractivity contribution >= 4 is 23.8 Å². The Balaban J connectivity index is 1.28. The second-order valence-corrected chi connectivity index (χ2v) is 15.7. The van der Waals surface area contributed by atoms with E-state index < -0.39 is 22.5 Å². The number of rotatable bonds is 35. The fourth-order valence-electron chi connectivity index (χ4n) is 5.77. The van der Waals surface area contributed by atoms with Crippen LogP contribution in [0.25, 0.3) is 10.4 Å². The smallest absolute Gasteiger partial charge is 0.408 e. The molecule has 2 N–H and O–H groups in total. The molecule has 1 atom stereocenters. The molecule has 0 heterocycles. The monoisotopic (exact) mass is 883 g/mol. The van der Waals surface area contributed by atoms with Crippen molar-refractivity contribution in [3.05, 3.63) is 118 Å². The lowest BCUT2D eigenvalue weighted by molar-refractivity contribution is -0.122. The molecule has 0 saturated heterocycles. The van der Waals surface area contributed by atoms with Crippen molar-refractivity contribution in [2.75, 3.05) is 125 Å². The summed E-state index contributed by atoms with van der Waals surface area (Å²) < 4.78 is 48.8. The van der Waals surface area contributed by atoms with Crippen molar-refractivity contribution in [1.29, 1.82) is 0 Å². The molecule has 3 rings (SSSR count). The van der Waals surface area contributed by atoms with E-state index in [-0.39, 0.29) is 24.8 Å². The molecule has 62 heavy (non-hydrogen) atoms. The Labute approximate surface area is 370 Å². The molecule has 0 aliphatic heterocycles. The first-order valence-corrected chi connectivity index (χ1v) is 22.0. The number of carbonyl (C=O) groups excluding carboxylic acids is 2. The van der Waals surface area contributed by atoms with Gasteiger partial charge in [-0.1, -0.05) is 96.1 Å². The summed E-state index contributed by atoms with van der Waals surface area (Å²) in [6.45, 7) is 12.7. The van der Waals surface area contributed by atoms with Gasteiger partial charge in [0.2, 0.25) is 5.91 Å². The van der Waals surface area contributed by atoms with Crippen molar-refractivity contribution < 1.29 is 52.2 Å². The van der Waals surface area contributed by atoms with Gasteiger partial charge < -0.3 is 53.3 Å². The summed E-state index contributed by atoms with van der Waals surface area (Å²) >= 11 is 1.58. The Bertz CT molecular complexity index is 1560. The molecule has 0 aromatic heterocycles. The van der Waals surface area contributed by atoms with Gasteiger partial charge in [0.05, 0.1) is 110 Å². The van der Waals surface area contributed by atoms with Crippen LogP contribution in [0.15, 0.2) is 96.1 Å². The Morgan fingerprint density at radius 2 is 0.935 bits per heavy atom. The number of alkyl carbamates (subject to hydrolysis) is 1. The minimum absolute atomic E-state index is 0.246. The van der Waals surface area contributed by atoms with Crippen LogP contribution in [0.1, 0.15) is 37.5 Å². The standard InChI is InChI=1S/C45H65N5O11S/c1-44(2,3)61-43(52)49-41(37-62-45(38-13-7-4-8-14-38,39-15-9-5-10-16-39)40-17-11-6-12-18-40)42(51)47-19-21-53-23-25-55-27-29-57-31-33-59-35-36-60-34-32-58-30-28-56-26-24-54-22-20-48-50-46/h4-18,41H,19-37H2,1-3H3,(H,47,51)(H,49,52)/t41-/m0/s1. The lowest BCUT2D eigenvalue weighted by atomic mass is 9.84. The summed E-state index contributed by atoms with van der Waals surface area (Å²) in [5.41, 5.74) is 10.6. The summed E-state index contributed by atoms with van der Waals surface area (Å²) in [6.07, 6.45) is -0.670. The number of amides is 2. The SMILES string of the molecule is CC(C)(C)OC(=O)N[C@@H](CSC(c1ccccc1)(c1ccccc1)c1ccccc1)C(=O)NCCOCCOCCOCCOCCOCCOCCOCCOCCN=[N+]=[N-]. The van der Waals surface area contributed by atoms with Crippen molar-refractivity contribution in [2.24, 2.45) is 5.11 Å². The van der Waals surface area contributed by atoms with E-state index in [1.54, 1.807) is 32.5 Å². The van der Waals surface area contributed by atoms with Crippen LogP contribution < -0.4 is 10.6 Å². The van der Waals surface area contributed by atoms with Gasteiger partial charge >= 0.3 is 6.09 Å². The molecule has 0 spiro atoms. The van der Waals surface area contributed by atoms with Gasteiger partial charge in [0.1, 0.15) is 11.6 Å². The zero-order chi connectivity index (χ0) is 44.4. The van der Waals surface area contributed by atoms with Crippen LogP contribution in [0.2, 0.25) is 0 Å². The van der Waals surface area contributed by atoms with E-state index >= 15 is 0 Å². The third-order valence-corrected chi connectivity index (χ3v) is 10.2. The quantitative estimate of drug-likeness (QED) is 0.0225. The number of nitrogens with zero attached hydrogens (tertiary/aromatic N) is 3. The van der Waals surface area contributed by atoms with Gasteiger partial charge in [0.25, 0.3) is 0 Å². The highest BCUT2D eigenvalue weighted by atomic mass is 32.2. The van der Waals surface area contributed by atoms with Crippen molar-refractivity contribution in [3.8, 4) is 0 Å². The van der Waals surface area contributed by atoms with Gasteiger partial charge in [-0.15, -0.1) is 11.8 Å². The lowest BCUT2D eigenvalue weighted by Gasteiger charge is -2.36. The van der Waals surface area contributed by atoms with Crippen molar-refractivity contribution in [1.82, 2.24) is 10.6 Å². The average Bonchev–Trinajstić information content (AvgIpc) is 3.27. The topological polar surface area (TPSA) is 190 Å². The lowest BCUT2D eigenvalue weighted by Crippen LogP contribution is -2.50. The maximum Gasteiger partial charge on any atom is 0.408 e. The normalized spacial score (nSPS) is 12.0. The molecule has 0 fully saturated rings. The molecule has 2 amide bonds. The van der Waals surface area contributed by atoms with E-state index in [4.69, 9.17) is 48.2 Å². The minimum Gasteiger partial charge on any atom is -0.444 e. The van der Waals surface area contributed by atoms with Gasteiger partial charge in [-0.05, 0) is 43.0 Å². The molecule has 0 bridgehead atoms. The molecule has 3 aromatic rings. The number of benzene rings is 3. The highest BCUT2D eigenvalue weighted by molar-refractivity contribution is 8.00. The molecule has 16 nitrogen and oxygen atoms in total. The van der Waals surface area contributed by atoms with E-state index in [2.05, 4.69) is 57.1 Å². The predicted octanol–water partition coefficient (Wildman–Crippen LogP) is 6.16. The van der Waals surface area contributed by atoms with Crippen LogP contribution in [-0.4, -0.2) is 148 Å². The molecular weight excluding hydrogens is 819 g/mol. The maximum absolute atomic E-state index is 13.7. The van der Waals surface area contributed by atoms with Gasteiger partial charge in [0, 0.05) is 23.8 Å². The Hall–Kier alpha value is -4.26. The zero-order valence-electron chi connectivity index (χ0n) is 36.4. The number of hydrogen-bond donors (Lipinski definition) is 2. The number of nitrogens with one attached hydrogen (secondary N) is 2. The van der Waals surface area contributed by atoms with Crippen LogP contribution in [0.5, 0.6) is 0 Å². The first kappa shape index (κ1) is 52.1. The third-order valence-electron chi connectivity index (χ3n) is 8.56. The van der Waals surface area contributed by atoms with E-state index in [0.29, 0.717) is 106 Å². The highest BCUT2D eigenvalue weighted by Crippen LogP contribution is 2.48. The summed E-state index contributed by atoms with van der Waals surface area (Å²) in [6, 6.07) is 29.6. The first-order valence-electron chi connectivity index (χ1n) is 21.0. The number of carbonyl (C=O) groups is 2. The summed E-state index contributed by atoms with van der Waals surface area (Å²) in [7, 11) is 0. The molecular formula is C45H65N5O11S. The Kier molecular flexibility index (Phi) is 27.2. The average molecular weight is 884 g/mol. The Morgan fingerprint density at radius 3 is 1.29 bits per heavy atom. The fraction of sp³-hybridized carbons (Fsp3) is 0.556. The molecule has 0 radical (unpaired) electrons. The number of azide groups is 1. The summed E-state index contributed by atoms with van der Waals surface area (Å²) in [5.74, 6) is -0.0957. The second-order valence-electron chi connectivity index (χ2n) is 14.4. The molecule has 0 aliphatic carbocycles. The number of ether oxygens (including phenoxy) is 9. The van der Waals surface area contributed by atoms with Crippen LogP contribution in [-0.2, 0) is 52.2 Å². The molecule has 0 saturated carbocycles. The molecule has 17 heteroatoms. The van der Waals surface area contributed by atoms with Gasteiger partial charge in [-0.3, -0.25) is 4.79 Å². The Morgan fingerprint density at radius 1 is 0.581 bits per heavy atom.